The van der Waals surface area contributed by atoms with E-state index in [4.69, 9.17) is 5.11 Å². The second-order valence-corrected chi connectivity index (χ2v) is 3.35. The molecule has 0 aromatic carbocycles. The van der Waals surface area contributed by atoms with Gasteiger partial charge in [0.05, 0.1) is 12.2 Å². The normalized spacial score (nSPS) is 11.2. The van der Waals surface area contributed by atoms with Gasteiger partial charge >= 0.3 is 0 Å². The Morgan fingerprint density at radius 3 is 2.46 bits per heavy atom. The highest BCUT2D eigenvalue weighted by Crippen LogP contribution is 2.06. The van der Waals surface area contributed by atoms with Gasteiger partial charge in [-0.3, -0.25) is 14.6 Å². The van der Waals surface area contributed by atoms with Crippen LogP contribution in [0.5, 0.6) is 0 Å². The van der Waals surface area contributed by atoms with Gasteiger partial charge in [-0.1, -0.05) is 6.92 Å². The van der Waals surface area contributed by atoms with Gasteiger partial charge in [-0.05, 0) is 20.3 Å². The molecule has 0 spiro atoms. The standard InChI is InChI=1S/C9H16N2O2/c1-4-8-7(5-12)9(13)11(10-8)6(2)3/h6,10,12H,4-5H2,1-3H3. The summed E-state index contributed by atoms with van der Waals surface area (Å²) in [6.45, 7) is 5.63. The Labute approximate surface area is 77.2 Å². The molecule has 4 nitrogen and oxygen atoms in total. The van der Waals surface area contributed by atoms with E-state index in [9.17, 15) is 4.79 Å². The van der Waals surface area contributed by atoms with Crippen molar-refractivity contribution in [1.29, 1.82) is 0 Å². The number of nitrogens with zero attached hydrogens (tertiary/aromatic N) is 1. The average molecular weight is 184 g/mol. The van der Waals surface area contributed by atoms with Crippen molar-refractivity contribution in [2.24, 2.45) is 0 Å². The molecule has 0 bridgehead atoms. The maximum atomic E-state index is 11.6. The van der Waals surface area contributed by atoms with E-state index in [-0.39, 0.29) is 18.2 Å². The number of H-pyrrole nitrogens is 1. The number of rotatable bonds is 3. The zero-order valence-electron chi connectivity index (χ0n) is 8.29. The van der Waals surface area contributed by atoms with E-state index < -0.39 is 0 Å². The van der Waals surface area contributed by atoms with Crippen LogP contribution >= 0.6 is 0 Å². The largest absolute Gasteiger partial charge is 0.391 e. The number of aliphatic hydroxyl groups is 1. The molecular formula is C9H16N2O2. The van der Waals surface area contributed by atoms with Crippen molar-refractivity contribution in [3.05, 3.63) is 21.6 Å². The first-order chi connectivity index (χ1) is 6.11. The Balaban J connectivity index is 3.27. The lowest BCUT2D eigenvalue weighted by Gasteiger charge is -2.03. The van der Waals surface area contributed by atoms with Gasteiger partial charge in [0.2, 0.25) is 0 Å². The molecule has 1 rings (SSSR count). The predicted molar refractivity (Wildman–Crippen MR) is 50.7 cm³/mol. The third kappa shape index (κ3) is 1.67. The number of nitrogens with one attached hydrogen (secondary N) is 1. The van der Waals surface area contributed by atoms with Crippen molar-refractivity contribution in [1.82, 2.24) is 9.78 Å². The highest BCUT2D eigenvalue weighted by molar-refractivity contribution is 5.16. The molecule has 0 unspecified atom stereocenters. The Morgan fingerprint density at radius 2 is 2.15 bits per heavy atom. The highest BCUT2D eigenvalue weighted by atomic mass is 16.3. The summed E-state index contributed by atoms with van der Waals surface area (Å²) in [6, 6.07) is 0.109. The van der Waals surface area contributed by atoms with Crippen LogP contribution < -0.4 is 5.56 Å². The van der Waals surface area contributed by atoms with E-state index in [0.717, 1.165) is 12.1 Å². The first kappa shape index (κ1) is 10.1. The third-order valence-corrected chi connectivity index (χ3v) is 2.12. The first-order valence-electron chi connectivity index (χ1n) is 4.54. The molecule has 0 aliphatic carbocycles. The van der Waals surface area contributed by atoms with E-state index in [1.165, 1.54) is 0 Å². The van der Waals surface area contributed by atoms with Crippen molar-refractivity contribution >= 4 is 0 Å². The highest BCUT2D eigenvalue weighted by Gasteiger charge is 2.12. The Hall–Kier alpha value is -1.03. The summed E-state index contributed by atoms with van der Waals surface area (Å²) in [7, 11) is 0. The second kappa shape index (κ2) is 3.79. The van der Waals surface area contributed by atoms with Crippen LogP contribution in [0.25, 0.3) is 0 Å². The summed E-state index contributed by atoms with van der Waals surface area (Å²) >= 11 is 0. The molecule has 13 heavy (non-hydrogen) atoms. The lowest BCUT2D eigenvalue weighted by Crippen LogP contribution is -2.20. The maximum Gasteiger partial charge on any atom is 0.272 e. The molecule has 0 saturated heterocycles. The van der Waals surface area contributed by atoms with E-state index in [1.807, 2.05) is 20.8 Å². The zero-order chi connectivity index (χ0) is 10.0. The molecule has 0 radical (unpaired) electrons. The van der Waals surface area contributed by atoms with Crippen LogP contribution in [0.4, 0.5) is 0 Å². The second-order valence-electron chi connectivity index (χ2n) is 3.35. The Kier molecular flexibility index (Phi) is 2.93. The number of aromatic nitrogens is 2. The van der Waals surface area contributed by atoms with Gasteiger partial charge in [0, 0.05) is 11.7 Å². The van der Waals surface area contributed by atoms with Gasteiger partial charge in [0.15, 0.2) is 0 Å². The van der Waals surface area contributed by atoms with Crippen molar-refractivity contribution in [3.63, 3.8) is 0 Å². The van der Waals surface area contributed by atoms with Gasteiger partial charge in [-0.15, -0.1) is 0 Å². The fourth-order valence-electron chi connectivity index (χ4n) is 1.36. The van der Waals surface area contributed by atoms with Gasteiger partial charge < -0.3 is 5.11 Å². The fourth-order valence-corrected chi connectivity index (χ4v) is 1.36. The average Bonchev–Trinajstić information content (AvgIpc) is 2.41. The molecule has 1 heterocycles. The van der Waals surface area contributed by atoms with Crippen molar-refractivity contribution in [3.8, 4) is 0 Å². The SMILES string of the molecule is CCc1[nH]n(C(C)C)c(=O)c1CO. The molecule has 74 valence electrons. The fraction of sp³-hybridized carbons (Fsp3) is 0.667. The zero-order valence-corrected chi connectivity index (χ0v) is 8.29. The molecule has 0 atom stereocenters. The van der Waals surface area contributed by atoms with Crippen molar-refractivity contribution in [2.75, 3.05) is 0 Å². The van der Waals surface area contributed by atoms with Crippen LogP contribution in [0.2, 0.25) is 0 Å². The summed E-state index contributed by atoms with van der Waals surface area (Å²) in [6.07, 6.45) is 0.741. The van der Waals surface area contributed by atoms with E-state index >= 15 is 0 Å². The summed E-state index contributed by atoms with van der Waals surface area (Å²) in [5.41, 5.74) is 1.23. The molecule has 0 fully saturated rings. The summed E-state index contributed by atoms with van der Waals surface area (Å²) in [4.78, 5) is 11.6. The summed E-state index contributed by atoms with van der Waals surface area (Å²) in [5, 5.41) is 12.0. The molecule has 0 amide bonds. The Morgan fingerprint density at radius 1 is 1.54 bits per heavy atom. The lowest BCUT2D eigenvalue weighted by molar-refractivity contribution is 0.279. The van der Waals surface area contributed by atoms with E-state index in [0.29, 0.717) is 5.56 Å². The number of hydrogen-bond donors (Lipinski definition) is 2. The molecular weight excluding hydrogens is 168 g/mol. The minimum atomic E-state index is -0.182. The van der Waals surface area contributed by atoms with E-state index in [2.05, 4.69) is 5.10 Å². The van der Waals surface area contributed by atoms with Crippen molar-refractivity contribution in [2.45, 2.75) is 39.8 Å². The quantitative estimate of drug-likeness (QED) is 0.730. The Bertz CT molecular complexity index is 336. The smallest absolute Gasteiger partial charge is 0.272 e. The first-order valence-corrected chi connectivity index (χ1v) is 4.54. The monoisotopic (exact) mass is 184 g/mol. The van der Waals surface area contributed by atoms with Crippen LogP contribution in [0.15, 0.2) is 4.79 Å². The number of aromatic amines is 1. The van der Waals surface area contributed by atoms with Crippen LogP contribution in [0, 0.1) is 0 Å². The minimum Gasteiger partial charge on any atom is -0.391 e. The van der Waals surface area contributed by atoms with Gasteiger partial charge in [-0.2, -0.15) is 0 Å². The number of aliphatic hydroxyl groups excluding tert-OH is 1. The number of hydrogen-bond acceptors (Lipinski definition) is 2. The summed E-state index contributed by atoms with van der Waals surface area (Å²) < 4.78 is 1.55. The summed E-state index contributed by atoms with van der Waals surface area (Å²) in [5.74, 6) is 0. The minimum absolute atomic E-state index is 0.102. The lowest BCUT2D eigenvalue weighted by atomic mass is 10.2. The molecule has 0 aliphatic heterocycles. The maximum absolute atomic E-state index is 11.6. The molecule has 1 aromatic rings. The molecule has 4 heteroatoms. The van der Waals surface area contributed by atoms with E-state index in [1.54, 1.807) is 4.68 Å². The van der Waals surface area contributed by atoms with Gasteiger partial charge in [-0.25, -0.2) is 0 Å². The van der Waals surface area contributed by atoms with Crippen molar-refractivity contribution < 1.29 is 5.11 Å². The van der Waals surface area contributed by atoms with Crippen LogP contribution in [0.1, 0.15) is 38.1 Å². The van der Waals surface area contributed by atoms with Crippen LogP contribution in [-0.4, -0.2) is 14.9 Å². The third-order valence-electron chi connectivity index (χ3n) is 2.12. The topological polar surface area (TPSA) is 58.0 Å². The van der Waals surface area contributed by atoms with Crippen LogP contribution in [-0.2, 0) is 13.0 Å². The van der Waals surface area contributed by atoms with Gasteiger partial charge in [0.25, 0.3) is 5.56 Å². The van der Waals surface area contributed by atoms with Crippen LogP contribution in [0.3, 0.4) is 0 Å². The van der Waals surface area contributed by atoms with Gasteiger partial charge in [0.1, 0.15) is 0 Å². The molecule has 0 saturated carbocycles. The molecule has 2 N–H and O–H groups in total. The molecule has 1 aromatic heterocycles. The number of aryl methyl sites for hydroxylation is 1. The predicted octanol–water partition coefficient (Wildman–Crippen LogP) is 0.812. The molecule has 0 aliphatic rings.